The Morgan fingerprint density at radius 2 is 2.20 bits per heavy atom. The van der Waals surface area contributed by atoms with Gasteiger partial charge in [0.2, 0.25) is 0 Å². The van der Waals surface area contributed by atoms with E-state index in [9.17, 15) is 4.79 Å². The van der Waals surface area contributed by atoms with Crippen molar-refractivity contribution < 1.29 is 4.79 Å². The van der Waals surface area contributed by atoms with Gasteiger partial charge in [-0.15, -0.1) is 0 Å². The number of anilines is 2. The monoisotopic (exact) mass is 330 g/mol. The molecule has 6 heteroatoms. The van der Waals surface area contributed by atoms with Crippen LogP contribution in [-0.2, 0) is 0 Å². The van der Waals surface area contributed by atoms with Gasteiger partial charge in [-0.1, -0.05) is 0 Å². The van der Waals surface area contributed by atoms with Crippen LogP contribution in [0.5, 0.6) is 0 Å². The number of nitrogens with two attached hydrogens (primary N) is 1. The van der Waals surface area contributed by atoms with Crippen LogP contribution in [0.25, 0.3) is 0 Å². The van der Waals surface area contributed by atoms with Crippen LogP contribution >= 0.6 is 15.9 Å². The highest BCUT2D eigenvalue weighted by atomic mass is 79.9. The fourth-order valence-corrected chi connectivity index (χ4v) is 2.13. The zero-order valence-corrected chi connectivity index (χ0v) is 12.2. The van der Waals surface area contributed by atoms with E-state index in [1.54, 1.807) is 31.2 Å². The highest BCUT2D eigenvalue weighted by molar-refractivity contribution is 9.10. The number of hydrogen-bond donors (Lipinski definition) is 2. The molecule has 0 bridgehead atoms. The normalized spacial score (nSPS) is 9.85. The van der Waals surface area contributed by atoms with Crippen molar-refractivity contribution in [1.29, 1.82) is 5.26 Å². The molecule has 1 aromatic heterocycles. The van der Waals surface area contributed by atoms with Gasteiger partial charge in [-0.2, -0.15) is 5.26 Å². The Kier molecular flexibility index (Phi) is 4.01. The molecule has 2 rings (SSSR count). The van der Waals surface area contributed by atoms with Crippen LogP contribution in [0.2, 0.25) is 0 Å². The molecular formula is C14H11BrN4O. The summed E-state index contributed by atoms with van der Waals surface area (Å²) in [6, 6.07) is 8.54. The van der Waals surface area contributed by atoms with Crippen LogP contribution in [0.3, 0.4) is 0 Å². The van der Waals surface area contributed by atoms with Crippen LogP contribution < -0.4 is 11.1 Å². The second kappa shape index (κ2) is 5.72. The Morgan fingerprint density at radius 3 is 2.85 bits per heavy atom. The standard InChI is InChI=1S/C14H11BrN4O/c1-8-11(5-10(17)7-18-8)14(20)19-13-3-2-9(6-16)4-12(13)15/h2-5,7H,17H2,1H3,(H,19,20). The number of carbonyl (C=O) groups is 1. The van der Waals surface area contributed by atoms with Crippen molar-refractivity contribution in [2.45, 2.75) is 6.92 Å². The van der Waals surface area contributed by atoms with Gasteiger partial charge in [-0.05, 0) is 47.1 Å². The number of amides is 1. The molecule has 0 unspecified atom stereocenters. The van der Waals surface area contributed by atoms with Gasteiger partial charge in [-0.3, -0.25) is 9.78 Å². The molecule has 1 aromatic carbocycles. The van der Waals surface area contributed by atoms with E-state index in [4.69, 9.17) is 11.0 Å². The lowest BCUT2D eigenvalue weighted by Gasteiger charge is -2.09. The maximum atomic E-state index is 12.2. The van der Waals surface area contributed by atoms with Gasteiger partial charge in [-0.25, -0.2) is 0 Å². The molecule has 0 aliphatic carbocycles. The number of aromatic nitrogens is 1. The van der Waals surface area contributed by atoms with Gasteiger partial charge in [0.25, 0.3) is 5.91 Å². The Balaban J connectivity index is 2.28. The van der Waals surface area contributed by atoms with Crippen molar-refractivity contribution >= 4 is 33.2 Å². The number of hydrogen-bond acceptors (Lipinski definition) is 4. The van der Waals surface area contributed by atoms with Crippen molar-refractivity contribution in [2.24, 2.45) is 0 Å². The van der Waals surface area contributed by atoms with Gasteiger partial charge < -0.3 is 11.1 Å². The number of halogens is 1. The Morgan fingerprint density at radius 1 is 1.45 bits per heavy atom. The lowest BCUT2D eigenvalue weighted by Crippen LogP contribution is -2.15. The van der Waals surface area contributed by atoms with Crippen LogP contribution in [0.1, 0.15) is 21.6 Å². The molecule has 0 saturated carbocycles. The van der Waals surface area contributed by atoms with Crippen molar-refractivity contribution in [3.05, 3.63) is 51.8 Å². The number of nitrogen functional groups attached to an aromatic ring is 1. The fraction of sp³-hybridized carbons (Fsp3) is 0.0714. The Bertz CT molecular complexity index is 722. The number of nitrogens with one attached hydrogen (secondary N) is 1. The first-order valence-electron chi connectivity index (χ1n) is 5.74. The SMILES string of the molecule is Cc1ncc(N)cc1C(=O)Nc1ccc(C#N)cc1Br. The number of rotatable bonds is 2. The zero-order chi connectivity index (χ0) is 14.7. The summed E-state index contributed by atoms with van der Waals surface area (Å²) in [7, 11) is 0. The summed E-state index contributed by atoms with van der Waals surface area (Å²) in [4.78, 5) is 16.3. The van der Waals surface area contributed by atoms with Gasteiger partial charge in [0.1, 0.15) is 0 Å². The molecule has 0 aliphatic heterocycles. The van der Waals surface area contributed by atoms with Crippen LogP contribution in [0.15, 0.2) is 34.9 Å². The Labute approximate surface area is 124 Å². The van der Waals surface area contributed by atoms with Crippen LogP contribution in [0, 0.1) is 18.3 Å². The molecule has 20 heavy (non-hydrogen) atoms. The predicted molar refractivity (Wildman–Crippen MR) is 80.2 cm³/mol. The number of nitrogens with zero attached hydrogens (tertiary/aromatic N) is 2. The molecule has 0 saturated heterocycles. The van der Waals surface area contributed by atoms with Crippen LogP contribution in [-0.4, -0.2) is 10.9 Å². The first-order chi connectivity index (χ1) is 9.51. The third-order valence-electron chi connectivity index (χ3n) is 2.70. The summed E-state index contributed by atoms with van der Waals surface area (Å²) in [5.74, 6) is -0.298. The highest BCUT2D eigenvalue weighted by Gasteiger charge is 2.12. The number of aryl methyl sites for hydroxylation is 1. The number of pyridine rings is 1. The average molecular weight is 331 g/mol. The van der Waals surface area contributed by atoms with Crippen molar-refractivity contribution in [3.63, 3.8) is 0 Å². The first-order valence-corrected chi connectivity index (χ1v) is 6.53. The molecule has 2 aromatic rings. The molecule has 5 nitrogen and oxygen atoms in total. The first kappa shape index (κ1) is 14.0. The van der Waals surface area contributed by atoms with Crippen molar-refractivity contribution in [2.75, 3.05) is 11.1 Å². The molecule has 0 radical (unpaired) electrons. The largest absolute Gasteiger partial charge is 0.397 e. The fourth-order valence-electron chi connectivity index (χ4n) is 1.65. The highest BCUT2D eigenvalue weighted by Crippen LogP contribution is 2.24. The van der Waals surface area contributed by atoms with E-state index in [0.29, 0.717) is 32.7 Å². The van der Waals surface area contributed by atoms with E-state index in [2.05, 4.69) is 26.2 Å². The average Bonchev–Trinajstić information content (AvgIpc) is 2.43. The summed E-state index contributed by atoms with van der Waals surface area (Å²) in [6.45, 7) is 1.74. The molecule has 0 atom stereocenters. The molecule has 100 valence electrons. The predicted octanol–water partition coefficient (Wildman–Crippen LogP) is 2.86. The van der Waals surface area contributed by atoms with E-state index in [1.165, 1.54) is 6.20 Å². The maximum Gasteiger partial charge on any atom is 0.257 e. The molecule has 3 N–H and O–H groups in total. The van der Waals surface area contributed by atoms with Gasteiger partial charge >= 0.3 is 0 Å². The van der Waals surface area contributed by atoms with E-state index in [1.807, 2.05) is 6.07 Å². The zero-order valence-electron chi connectivity index (χ0n) is 10.6. The molecule has 0 aliphatic rings. The van der Waals surface area contributed by atoms with Crippen molar-refractivity contribution in [1.82, 2.24) is 4.98 Å². The van der Waals surface area contributed by atoms with Gasteiger partial charge in [0, 0.05) is 4.47 Å². The van der Waals surface area contributed by atoms with Crippen molar-refractivity contribution in [3.8, 4) is 6.07 Å². The Hall–Kier alpha value is -2.39. The maximum absolute atomic E-state index is 12.2. The second-order valence-corrected chi connectivity index (χ2v) is 5.02. The smallest absolute Gasteiger partial charge is 0.257 e. The summed E-state index contributed by atoms with van der Waals surface area (Å²) in [5, 5.41) is 11.6. The molecule has 1 amide bonds. The molecular weight excluding hydrogens is 320 g/mol. The quantitative estimate of drug-likeness (QED) is 0.885. The summed E-state index contributed by atoms with van der Waals surface area (Å²) in [5.41, 5.74) is 8.18. The minimum absolute atomic E-state index is 0.298. The summed E-state index contributed by atoms with van der Waals surface area (Å²) in [6.07, 6.45) is 1.50. The van der Waals surface area contributed by atoms with Gasteiger partial charge in [0.15, 0.2) is 0 Å². The number of carbonyl (C=O) groups excluding carboxylic acids is 1. The lowest BCUT2D eigenvalue weighted by atomic mass is 10.1. The van der Waals surface area contributed by atoms with E-state index >= 15 is 0 Å². The van der Waals surface area contributed by atoms with E-state index in [0.717, 1.165) is 0 Å². The number of nitriles is 1. The molecule has 1 heterocycles. The van der Waals surface area contributed by atoms with E-state index in [-0.39, 0.29) is 5.91 Å². The minimum Gasteiger partial charge on any atom is -0.397 e. The van der Waals surface area contributed by atoms with E-state index < -0.39 is 0 Å². The minimum atomic E-state index is -0.298. The molecule has 0 fully saturated rings. The molecule has 0 spiro atoms. The summed E-state index contributed by atoms with van der Waals surface area (Å²) < 4.78 is 0.638. The third-order valence-corrected chi connectivity index (χ3v) is 3.36. The topological polar surface area (TPSA) is 91.8 Å². The number of benzene rings is 1. The third kappa shape index (κ3) is 2.95. The summed E-state index contributed by atoms with van der Waals surface area (Å²) >= 11 is 3.32. The van der Waals surface area contributed by atoms with Crippen LogP contribution in [0.4, 0.5) is 11.4 Å². The lowest BCUT2D eigenvalue weighted by molar-refractivity contribution is 0.102. The van der Waals surface area contributed by atoms with Gasteiger partial charge in [0.05, 0.1) is 40.5 Å². The second-order valence-electron chi connectivity index (χ2n) is 4.16.